The Morgan fingerprint density at radius 1 is 1.06 bits per heavy atom. The summed E-state index contributed by atoms with van der Waals surface area (Å²) in [7, 11) is 0. The minimum atomic E-state index is -0.0413. The molecule has 0 unspecified atom stereocenters. The van der Waals surface area contributed by atoms with Crippen LogP contribution in [0, 0.1) is 0 Å². The van der Waals surface area contributed by atoms with E-state index in [1.54, 1.807) is 0 Å². The number of amides is 1. The Bertz CT molecular complexity index is 221. The summed E-state index contributed by atoms with van der Waals surface area (Å²) in [6, 6.07) is 0. The maximum atomic E-state index is 12.1. The molecular weight excluding hydrogens is 214 g/mol. The van der Waals surface area contributed by atoms with Gasteiger partial charge in [-0.05, 0) is 25.7 Å². The SMILES string of the molecule is C=C(CCCC)C(=O)N(NCCC)NCCC. The number of hydrazine groups is 2. The minimum Gasteiger partial charge on any atom is -0.267 e. The summed E-state index contributed by atoms with van der Waals surface area (Å²) in [6.07, 6.45) is 4.84. The van der Waals surface area contributed by atoms with Crippen molar-refractivity contribution in [3.63, 3.8) is 0 Å². The van der Waals surface area contributed by atoms with Crippen molar-refractivity contribution in [1.82, 2.24) is 16.0 Å². The molecule has 0 aliphatic rings. The number of rotatable bonds is 10. The number of nitrogens with zero attached hydrogens (tertiary/aromatic N) is 1. The molecule has 0 aliphatic heterocycles. The first-order chi connectivity index (χ1) is 8.17. The van der Waals surface area contributed by atoms with Gasteiger partial charge in [-0.1, -0.05) is 33.8 Å². The number of hydrogen-bond donors (Lipinski definition) is 2. The van der Waals surface area contributed by atoms with E-state index in [4.69, 9.17) is 0 Å². The lowest BCUT2D eigenvalue weighted by Gasteiger charge is -2.24. The Kier molecular flexibility index (Phi) is 9.77. The maximum absolute atomic E-state index is 12.1. The summed E-state index contributed by atoms with van der Waals surface area (Å²) >= 11 is 0. The first-order valence-electron chi connectivity index (χ1n) is 6.66. The van der Waals surface area contributed by atoms with Crippen LogP contribution in [-0.4, -0.2) is 24.1 Å². The zero-order valence-corrected chi connectivity index (χ0v) is 11.5. The van der Waals surface area contributed by atoms with E-state index < -0.39 is 0 Å². The first kappa shape index (κ1) is 16.1. The molecule has 4 nitrogen and oxygen atoms in total. The Labute approximate surface area is 105 Å². The Hall–Kier alpha value is -0.870. The summed E-state index contributed by atoms with van der Waals surface area (Å²) in [6.45, 7) is 11.7. The molecule has 0 spiro atoms. The molecule has 1 amide bonds. The smallest absolute Gasteiger partial charge is 0.267 e. The van der Waals surface area contributed by atoms with Crippen LogP contribution in [0.3, 0.4) is 0 Å². The van der Waals surface area contributed by atoms with Crippen LogP contribution < -0.4 is 10.9 Å². The van der Waals surface area contributed by atoms with Crippen LogP contribution >= 0.6 is 0 Å². The van der Waals surface area contributed by atoms with Gasteiger partial charge in [-0.25, -0.2) is 16.0 Å². The van der Waals surface area contributed by atoms with E-state index in [0.717, 1.165) is 45.2 Å². The molecule has 0 bridgehead atoms. The van der Waals surface area contributed by atoms with Crippen molar-refractivity contribution in [3.8, 4) is 0 Å². The molecule has 0 aliphatic carbocycles. The predicted octanol–water partition coefficient (Wildman–Crippen LogP) is 2.39. The van der Waals surface area contributed by atoms with Crippen LogP contribution in [0.25, 0.3) is 0 Å². The van der Waals surface area contributed by atoms with Gasteiger partial charge in [0.05, 0.1) is 0 Å². The van der Waals surface area contributed by atoms with Gasteiger partial charge >= 0.3 is 0 Å². The summed E-state index contributed by atoms with van der Waals surface area (Å²) in [5, 5.41) is 1.49. The van der Waals surface area contributed by atoms with E-state index in [1.165, 1.54) is 5.12 Å². The highest BCUT2D eigenvalue weighted by Gasteiger charge is 2.15. The minimum absolute atomic E-state index is 0.0413. The zero-order chi connectivity index (χ0) is 13.1. The molecule has 0 aromatic heterocycles. The van der Waals surface area contributed by atoms with Crippen molar-refractivity contribution >= 4 is 5.91 Å². The van der Waals surface area contributed by atoms with Crippen LogP contribution in [-0.2, 0) is 4.79 Å². The number of unbranched alkanes of at least 4 members (excludes halogenated alkanes) is 1. The molecular formula is C13H27N3O. The van der Waals surface area contributed by atoms with Gasteiger partial charge in [-0.3, -0.25) is 4.79 Å². The monoisotopic (exact) mass is 241 g/mol. The molecule has 0 heterocycles. The number of nitrogens with one attached hydrogen (secondary N) is 2. The average Bonchev–Trinajstić information content (AvgIpc) is 2.35. The van der Waals surface area contributed by atoms with E-state index in [2.05, 4.69) is 38.2 Å². The zero-order valence-electron chi connectivity index (χ0n) is 11.5. The molecule has 4 heteroatoms. The third-order valence-corrected chi connectivity index (χ3v) is 2.38. The average molecular weight is 241 g/mol. The molecule has 0 fully saturated rings. The Balaban J connectivity index is 4.23. The normalized spacial score (nSPS) is 10.3. The first-order valence-corrected chi connectivity index (χ1v) is 6.66. The maximum Gasteiger partial charge on any atom is 0.278 e. The van der Waals surface area contributed by atoms with Crippen molar-refractivity contribution in [3.05, 3.63) is 12.2 Å². The number of carbonyl (C=O) groups excluding carboxylic acids is 1. The quantitative estimate of drug-likeness (QED) is 0.456. The fourth-order valence-electron chi connectivity index (χ4n) is 1.30. The molecule has 17 heavy (non-hydrogen) atoms. The van der Waals surface area contributed by atoms with Crippen LogP contribution in [0.5, 0.6) is 0 Å². The second-order valence-corrected chi connectivity index (χ2v) is 4.16. The number of carbonyl (C=O) groups is 1. The highest BCUT2D eigenvalue weighted by Crippen LogP contribution is 2.06. The fraction of sp³-hybridized carbons (Fsp3) is 0.769. The fourth-order valence-corrected chi connectivity index (χ4v) is 1.30. The lowest BCUT2D eigenvalue weighted by molar-refractivity contribution is -0.134. The van der Waals surface area contributed by atoms with Crippen molar-refractivity contribution in [2.45, 2.75) is 52.9 Å². The molecule has 100 valence electrons. The van der Waals surface area contributed by atoms with Crippen LogP contribution in [0.15, 0.2) is 12.2 Å². The standard InChI is InChI=1S/C13H27N3O/c1-5-8-9-12(4)13(17)16(14-10-6-2)15-11-7-3/h14-15H,4-11H2,1-3H3. The van der Waals surface area contributed by atoms with Gasteiger partial charge in [-0.15, -0.1) is 0 Å². The predicted molar refractivity (Wildman–Crippen MR) is 72.1 cm³/mol. The topological polar surface area (TPSA) is 44.4 Å². The van der Waals surface area contributed by atoms with E-state index in [1.807, 2.05) is 0 Å². The molecule has 0 saturated heterocycles. The largest absolute Gasteiger partial charge is 0.278 e. The van der Waals surface area contributed by atoms with Gasteiger partial charge in [0, 0.05) is 18.7 Å². The lowest BCUT2D eigenvalue weighted by Crippen LogP contribution is -2.52. The lowest BCUT2D eigenvalue weighted by atomic mass is 10.1. The summed E-state index contributed by atoms with van der Waals surface area (Å²) < 4.78 is 0. The van der Waals surface area contributed by atoms with Gasteiger partial charge in [-0.2, -0.15) is 0 Å². The van der Waals surface area contributed by atoms with E-state index >= 15 is 0 Å². The van der Waals surface area contributed by atoms with Gasteiger partial charge < -0.3 is 0 Å². The second-order valence-electron chi connectivity index (χ2n) is 4.16. The van der Waals surface area contributed by atoms with E-state index in [-0.39, 0.29) is 5.91 Å². The Morgan fingerprint density at radius 3 is 2.00 bits per heavy atom. The van der Waals surface area contributed by atoms with E-state index in [9.17, 15) is 4.79 Å². The van der Waals surface area contributed by atoms with Crippen LogP contribution in [0.1, 0.15) is 52.9 Å². The van der Waals surface area contributed by atoms with Gasteiger partial charge in [0.25, 0.3) is 5.91 Å². The summed E-state index contributed by atoms with van der Waals surface area (Å²) in [4.78, 5) is 12.1. The summed E-state index contributed by atoms with van der Waals surface area (Å²) in [5.41, 5.74) is 6.81. The van der Waals surface area contributed by atoms with Crippen molar-refractivity contribution in [2.75, 3.05) is 13.1 Å². The van der Waals surface area contributed by atoms with Gasteiger partial charge in [0.1, 0.15) is 0 Å². The molecule has 0 radical (unpaired) electrons. The second kappa shape index (κ2) is 10.3. The van der Waals surface area contributed by atoms with Gasteiger partial charge in [0.15, 0.2) is 0 Å². The van der Waals surface area contributed by atoms with E-state index in [0.29, 0.717) is 5.57 Å². The molecule has 0 aromatic rings. The van der Waals surface area contributed by atoms with Crippen LogP contribution in [0.2, 0.25) is 0 Å². The van der Waals surface area contributed by atoms with Crippen LogP contribution in [0.4, 0.5) is 0 Å². The number of hydrogen-bond acceptors (Lipinski definition) is 3. The van der Waals surface area contributed by atoms with Crippen molar-refractivity contribution in [1.29, 1.82) is 0 Å². The molecule has 0 saturated carbocycles. The third-order valence-electron chi connectivity index (χ3n) is 2.38. The molecule has 2 N–H and O–H groups in total. The Morgan fingerprint density at radius 2 is 1.59 bits per heavy atom. The van der Waals surface area contributed by atoms with Crippen molar-refractivity contribution in [2.24, 2.45) is 0 Å². The molecule has 0 atom stereocenters. The molecule has 0 aromatic carbocycles. The van der Waals surface area contributed by atoms with Gasteiger partial charge in [0.2, 0.25) is 0 Å². The highest BCUT2D eigenvalue weighted by molar-refractivity contribution is 5.92. The van der Waals surface area contributed by atoms with Crippen molar-refractivity contribution < 1.29 is 4.79 Å². The molecule has 0 rings (SSSR count). The third kappa shape index (κ3) is 7.13. The highest BCUT2D eigenvalue weighted by atomic mass is 16.2. The summed E-state index contributed by atoms with van der Waals surface area (Å²) in [5.74, 6) is -0.0413.